The number of carbonyl (C=O) groups excluding carboxylic acids is 1. The molecule has 0 radical (unpaired) electrons. The summed E-state index contributed by atoms with van der Waals surface area (Å²) in [5.74, 6) is -0.504. The lowest BCUT2D eigenvalue weighted by molar-refractivity contribution is -0.113. The molecule has 1 aliphatic rings. The number of primary amides is 1. The third-order valence-electron chi connectivity index (χ3n) is 1.01. The molecule has 0 bridgehead atoms. The monoisotopic (exact) mass is 128 g/mol. The maximum Gasteiger partial charge on any atom is 0.303 e. The summed E-state index contributed by atoms with van der Waals surface area (Å²) >= 11 is 0. The lowest BCUT2D eigenvalue weighted by atomic mass is 10.4. The summed E-state index contributed by atoms with van der Waals surface area (Å²) in [5.41, 5.74) is 4.87. The lowest BCUT2D eigenvalue weighted by Gasteiger charge is -2.09. The van der Waals surface area contributed by atoms with Crippen LogP contribution in [0.25, 0.3) is 0 Å². The minimum Gasteiger partial charge on any atom is -0.474 e. The lowest BCUT2D eigenvalue weighted by Crippen LogP contribution is -2.28. The van der Waals surface area contributed by atoms with Crippen molar-refractivity contribution in [3.8, 4) is 0 Å². The number of rotatable bonds is 1. The minimum atomic E-state index is -0.574. The number of hydrogen-bond donors (Lipinski definition) is 1. The number of aliphatic imine (C=N–C) groups is 1. The van der Waals surface area contributed by atoms with Crippen LogP contribution in [0.2, 0.25) is 0 Å². The molecule has 9 heavy (non-hydrogen) atoms. The number of ether oxygens (including phenoxy) is 1. The summed E-state index contributed by atoms with van der Waals surface area (Å²) in [6, 6.07) is 0. The van der Waals surface area contributed by atoms with Gasteiger partial charge in [0, 0.05) is 13.0 Å². The molecule has 1 amide bonds. The van der Waals surface area contributed by atoms with Gasteiger partial charge in [-0.15, -0.1) is 0 Å². The number of nitrogens with two attached hydrogens (primary N) is 1. The molecule has 2 N–H and O–H groups in total. The highest BCUT2D eigenvalue weighted by atomic mass is 16.5. The molecule has 0 fully saturated rings. The van der Waals surface area contributed by atoms with Gasteiger partial charge in [0.2, 0.25) is 0 Å². The molecule has 1 aliphatic heterocycles. The zero-order valence-electron chi connectivity index (χ0n) is 4.96. The third-order valence-corrected chi connectivity index (χ3v) is 1.01. The Hall–Kier alpha value is -1.06. The van der Waals surface area contributed by atoms with Crippen molar-refractivity contribution >= 4 is 11.8 Å². The Bertz CT molecular complexity index is 153. The van der Waals surface area contributed by atoms with Crippen LogP contribution in [0.15, 0.2) is 4.99 Å². The van der Waals surface area contributed by atoms with E-state index in [0.29, 0.717) is 13.2 Å². The fraction of sp³-hybridized carbons (Fsp3) is 0.600. The van der Waals surface area contributed by atoms with Gasteiger partial charge in [0.1, 0.15) is 0 Å². The summed E-state index contributed by atoms with van der Waals surface area (Å²) in [5, 5.41) is 0. The zero-order chi connectivity index (χ0) is 6.69. The fourth-order valence-electron chi connectivity index (χ4n) is 0.609. The van der Waals surface area contributed by atoms with Crippen LogP contribution in [-0.2, 0) is 9.53 Å². The summed E-state index contributed by atoms with van der Waals surface area (Å²) in [7, 11) is 0. The van der Waals surface area contributed by atoms with E-state index < -0.39 is 5.91 Å². The Morgan fingerprint density at radius 2 is 2.56 bits per heavy atom. The van der Waals surface area contributed by atoms with E-state index in [1.807, 2.05) is 0 Å². The van der Waals surface area contributed by atoms with Gasteiger partial charge < -0.3 is 10.5 Å². The van der Waals surface area contributed by atoms with Crippen LogP contribution < -0.4 is 5.73 Å². The minimum absolute atomic E-state index is 0.0706. The van der Waals surface area contributed by atoms with Crippen molar-refractivity contribution in [3.63, 3.8) is 0 Å². The molecule has 0 aromatic heterocycles. The van der Waals surface area contributed by atoms with E-state index in [9.17, 15) is 4.79 Å². The topological polar surface area (TPSA) is 64.7 Å². The van der Waals surface area contributed by atoms with Crippen molar-refractivity contribution in [1.29, 1.82) is 0 Å². The Morgan fingerprint density at radius 1 is 1.78 bits per heavy atom. The first-order chi connectivity index (χ1) is 4.30. The van der Waals surface area contributed by atoms with Crippen LogP contribution in [0.5, 0.6) is 0 Å². The molecule has 0 aromatic carbocycles. The highest BCUT2D eigenvalue weighted by Crippen LogP contribution is 1.94. The predicted octanol–water partition coefficient (Wildman–Crippen LogP) is -0.710. The van der Waals surface area contributed by atoms with Gasteiger partial charge in [-0.3, -0.25) is 4.79 Å². The molecule has 4 heteroatoms. The first-order valence-corrected chi connectivity index (χ1v) is 2.78. The van der Waals surface area contributed by atoms with Gasteiger partial charge >= 0.3 is 5.91 Å². The molecular weight excluding hydrogens is 120 g/mol. The molecule has 0 unspecified atom stereocenters. The molecule has 50 valence electrons. The van der Waals surface area contributed by atoms with E-state index in [1.165, 1.54) is 0 Å². The van der Waals surface area contributed by atoms with E-state index in [-0.39, 0.29) is 5.90 Å². The van der Waals surface area contributed by atoms with Gasteiger partial charge in [-0.1, -0.05) is 0 Å². The second-order valence-corrected chi connectivity index (χ2v) is 1.75. The van der Waals surface area contributed by atoms with E-state index >= 15 is 0 Å². The van der Waals surface area contributed by atoms with Crippen molar-refractivity contribution < 1.29 is 9.53 Å². The second kappa shape index (κ2) is 2.48. The summed E-state index contributed by atoms with van der Waals surface area (Å²) < 4.78 is 4.81. The van der Waals surface area contributed by atoms with Crippen LogP contribution in [0.1, 0.15) is 6.42 Å². The van der Waals surface area contributed by atoms with Gasteiger partial charge in [0.05, 0.1) is 6.61 Å². The van der Waals surface area contributed by atoms with E-state index in [0.717, 1.165) is 6.42 Å². The van der Waals surface area contributed by atoms with Crippen molar-refractivity contribution in [2.75, 3.05) is 13.2 Å². The molecule has 1 heterocycles. The van der Waals surface area contributed by atoms with Gasteiger partial charge in [0.15, 0.2) is 0 Å². The van der Waals surface area contributed by atoms with Gasteiger partial charge in [-0.2, -0.15) is 0 Å². The van der Waals surface area contributed by atoms with Crippen LogP contribution in [0, 0.1) is 0 Å². The molecule has 0 aromatic rings. The molecule has 0 aliphatic carbocycles. The maximum absolute atomic E-state index is 10.3. The SMILES string of the molecule is NC(=O)C1=NCCCO1. The summed E-state index contributed by atoms with van der Waals surface area (Å²) in [6.45, 7) is 1.21. The van der Waals surface area contributed by atoms with Gasteiger partial charge in [0.25, 0.3) is 5.90 Å². The van der Waals surface area contributed by atoms with Gasteiger partial charge in [-0.25, -0.2) is 4.99 Å². The normalized spacial score (nSPS) is 18.0. The van der Waals surface area contributed by atoms with Crippen molar-refractivity contribution in [1.82, 2.24) is 0 Å². The van der Waals surface area contributed by atoms with E-state index in [4.69, 9.17) is 10.5 Å². The number of carbonyl (C=O) groups is 1. The van der Waals surface area contributed by atoms with Crippen LogP contribution in [0.3, 0.4) is 0 Å². The Labute approximate surface area is 52.7 Å². The molecule has 0 saturated carbocycles. The van der Waals surface area contributed by atoms with Crippen LogP contribution >= 0.6 is 0 Å². The highest BCUT2D eigenvalue weighted by Gasteiger charge is 2.10. The predicted molar refractivity (Wildman–Crippen MR) is 32.1 cm³/mol. The van der Waals surface area contributed by atoms with Crippen molar-refractivity contribution in [2.24, 2.45) is 10.7 Å². The van der Waals surface area contributed by atoms with Crippen molar-refractivity contribution in [2.45, 2.75) is 6.42 Å². The number of hydrogen-bond acceptors (Lipinski definition) is 3. The Morgan fingerprint density at radius 3 is 2.89 bits per heavy atom. The molecule has 4 nitrogen and oxygen atoms in total. The fourth-order valence-corrected chi connectivity index (χ4v) is 0.609. The molecule has 0 saturated heterocycles. The maximum atomic E-state index is 10.3. The second-order valence-electron chi connectivity index (χ2n) is 1.75. The number of amides is 1. The first-order valence-electron chi connectivity index (χ1n) is 2.78. The average molecular weight is 128 g/mol. The van der Waals surface area contributed by atoms with Crippen molar-refractivity contribution in [3.05, 3.63) is 0 Å². The summed E-state index contributed by atoms with van der Waals surface area (Å²) in [6.07, 6.45) is 0.872. The molecule has 0 atom stereocenters. The standard InChI is InChI=1S/C5H8N2O2/c6-4(8)5-7-2-1-3-9-5/h1-3H2,(H2,6,8). The quantitative estimate of drug-likeness (QED) is 0.507. The zero-order valence-corrected chi connectivity index (χ0v) is 4.96. The first kappa shape index (κ1) is 6.07. The summed E-state index contributed by atoms with van der Waals surface area (Å²) in [4.78, 5) is 14.1. The Balaban J connectivity index is 2.57. The highest BCUT2D eigenvalue weighted by molar-refractivity contribution is 6.34. The average Bonchev–Trinajstić information content (AvgIpc) is 1.90. The van der Waals surface area contributed by atoms with Gasteiger partial charge in [-0.05, 0) is 0 Å². The smallest absolute Gasteiger partial charge is 0.303 e. The molecule has 0 spiro atoms. The molecular formula is C5H8N2O2. The van der Waals surface area contributed by atoms with Crippen LogP contribution in [0.4, 0.5) is 0 Å². The van der Waals surface area contributed by atoms with E-state index in [2.05, 4.69) is 4.99 Å². The molecule has 1 rings (SSSR count). The van der Waals surface area contributed by atoms with E-state index in [1.54, 1.807) is 0 Å². The third kappa shape index (κ3) is 1.42. The van der Waals surface area contributed by atoms with Crippen LogP contribution in [-0.4, -0.2) is 25.0 Å². The Kier molecular flexibility index (Phi) is 1.67. The number of nitrogens with zero attached hydrogens (tertiary/aromatic N) is 1. The largest absolute Gasteiger partial charge is 0.474 e.